The third kappa shape index (κ3) is 4.62. The summed E-state index contributed by atoms with van der Waals surface area (Å²) in [5.41, 5.74) is 3.03. The lowest BCUT2D eigenvalue weighted by Crippen LogP contribution is -2.24. The topological polar surface area (TPSA) is 73.3 Å². The Morgan fingerprint density at radius 3 is 2.81 bits per heavy atom. The van der Waals surface area contributed by atoms with Crippen LogP contribution >= 0.6 is 11.3 Å². The standard InChI is InChI=1S/C20H19N3O3S/c24-19(22-11-15-1-3-17-18(9-15)26-13-25-17)10-16-12-27-20(23-16)4-2-14-5-7-21-8-6-14/h1,3,5-9,12H,2,4,10-11,13H2,(H,22,24). The van der Waals surface area contributed by atoms with Crippen molar-refractivity contribution in [1.82, 2.24) is 15.3 Å². The van der Waals surface area contributed by atoms with E-state index in [9.17, 15) is 4.79 Å². The van der Waals surface area contributed by atoms with Crippen LogP contribution in [0.1, 0.15) is 21.8 Å². The predicted molar refractivity (Wildman–Crippen MR) is 102 cm³/mol. The van der Waals surface area contributed by atoms with Crippen LogP contribution in [0.25, 0.3) is 0 Å². The number of pyridine rings is 1. The first kappa shape index (κ1) is 17.5. The molecule has 3 aromatic rings. The number of benzene rings is 1. The minimum Gasteiger partial charge on any atom is -0.454 e. The van der Waals surface area contributed by atoms with Crippen LogP contribution < -0.4 is 14.8 Å². The van der Waals surface area contributed by atoms with Gasteiger partial charge < -0.3 is 14.8 Å². The number of carbonyl (C=O) groups excluding carboxylic acids is 1. The normalized spacial score (nSPS) is 12.1. The molecule has 0 atom stereocenters. The zero-order valence-electron chi connectivity index (χ0n) is 14.7. The second-order valence-electron chi connectivity index (χ2n) is 6.23. The molecule has 0 unspecified atom stereocenters. The Morgan fingerprint density at radius 2 is 1.93 bits per heavy atom. The zero-order chi connectivity index (χ0) is 18.5. The van der Waals surface area contributed by atoms with E-state index in [4.69, 9.17) is 9.47 Å². The summed E-state index contributed by atoms with van der Waals surface area (Å²) >= 11 is 1.60. The first-order chi connectivity index (χ1) is 13.3. The number of hydrogen-bond acceptors (Lipinski definition) is 6. The molecule has 6 nitrogen and oxygen atoms in total. The molecule has 0 saturated heterocycles. The number of nitrogens with zero attached hydrogens (tertiary/aromatic N) is 2. The van der Waals surface area contributed by atoms with Gasteiger partial charge in [-0.3, -0.25) is 9.78 Å². The molecule has 0 fully saturated rings. The Labute approximate surface area is 161 Å². The number of nitrogens with one attached hydrogen (secondary N) is 1. The number of fused-ring (bicyclic) bond motifs is 1. The molecule has 7 heteroatoms. The van der Waals surface area contributed by atoms with Gasteiger partial charge in [0.15, 0.2) is 11.5 Å². The number of aromatic nitrogens is 2. The van der Waals surface area contributed by atoms with Gasteiger partial charge in [0.1, 0.15) is 0 Å². The zero-order valence-corrected chi connectivity index (χ0v) is 15.5. The van der Waals surface area contributed by atoms with Crippen molar-refractivity contribution in [1.29, 1.82) is 0 Å². The molecule has 1 aliphatic rings. The molecule has 3 heterocycles. The van der Waals surface area contributed by atoms with Crippen molar-refractivity contribution >= 4 is 17.2 Å². The molecule has 1 amide bonds. The largest absolute Gasteiger partial charge is 0.454 e. The van der Waals surface area contributed by atoms with Crippen LogP contribution in [0.15, 0.2) is 48.1 Å². The lowest BCUT2D eigenvalue weighted by Gasteiger charge is -2.05. The molecule has 4 rings (SSSR count). The SMILES string of the molecule is O=C(Cc1csc(CCc2ccncc2)n1)NCc1ccc2c(c1)OCO2. The summed E-state index contributed by atoms with van der Waals surface area (Å²) in [5.74, 6) is 1.42. The molecule has 1 aliphatic heterocycles. The molecule has 27 heavy (non-hydrogen) atoms. The minimum atomic E-state index is -0.0429. The summed E-state index contributed by atoms with van der Waals surface area (Å²) in [6.07, 6.45) is 5.68. The van der Waals surface area contributed by atoms with Crippen LogP contribution in [0.3, 0.4) is 0 Å². The fourth-order valence-electron chi connectivity index (χ4n) is 2.82. The van der Waals surface area contributed by atoms with E-state index in [2.05, 4.69) is 15.3 Å². The summed E-state index contributed by atoms with van der Waals surface area (Å²) < 4.78 is 10.6. The monoisotopic (exact) mass is 381 g/mol. The van der Waals surface area contributed by atoms with E-state index >= 15 is 0 Å². The van der Waals surface area contributed by atoms with Gasteiger partial charge in [0.05, 0.1) is 17.1 Å². The Hall–Kier alpha value is -2.93. The molecule has 0 saturated carbocycles. The maximum absolute atomic E-state index is 12.2. The number of rotatable bonds is 7. The van der Waals surface area contributed by atoms with Gasteiger partial charge in [-0.05, 0) is 41.8 Å². The quantitative estimate of drug-likeness (QED) is 0.681. The fraction of sp³-hybridized carbons (Fsp3) is 0.250. The summed E-state index contributed by atoms with van der Waals surface area (Å²) in [4.78, 5) is 20.8. The van der Waals surface area contributed by atoms with Gasteiger partial charge in [0.25, 0.3) is 0 Å². The molecule has 0 aliphatic carbocycles. The van der Waals surface area contributed by atoms with Gasteiger partial charge in [-0.15, -0.1) is 11.3 Å². The van der Waals surface area contributed by atoms with Crippen molar-refractivity contribution in [3.8, 4) is 11.5 Å². The molecule has 1 aromatic carbocycles. The van der Waals surface area contributed by atoms with Crippen molar-refractivity contribution in [2.75, 3.05) is 6.79 Å². The Kier molecular flexibility index (Phi) is 5.29. The summed E-state index contributed by atoms with van der Waals surface area (Å²) in [5, 5.41) is 5.94. The fourth-order valence-corrected chi connectivity index (χ4v) is 3.62. The van der Waals surface area contributed by atoms with E-state index in [0.29, 0.717) is 6.54 Å². The van der Waals surface area contributed by atoms with E-state index in [1.165, 1.54) is 5.56 Å². The molecule has 138 valence electrons. The molecule has 0 radical (unpaired) electrons. The van der Waals surface area contributed by atoms with Gasteiger partial charge in [-0.2, -0.15) is 0 Å². The number of carbonyl (C=O) groups is 1. The van der Waals surface area contributed by atoms with Gasteiger partial charge in [0, 0.05) is 30.7 Å². The summed E-state index contributed by atoms with van der Waals surface area (Å²) in [6.45, 7) is 0.701. The Balaban J connectivity index is 1.25. The first-order valence-electron chi connectivity index (χ1n) is 8.74. The van der Waals surface area contributed by atoms with E-state index in [1.54, 1.807) is 23.7 Å². The van der Waals surface area contributed by atoms with E-state index in [0.717, 1.165) is 40.6 Å². The van der Waals surface area contributed by atoms with Crippen molar-refractivity contribution in [3.05, 3.63) is 69.9 Å². The average Bonchev–Trinajstić information content (AvgIpc) is 3.34. The molecular weight excluding hydrogens is 362 g/mol. The second kappa shape index (κ2) is 8.18. The summed E-state index contributed by atoms with van der Waals surface area (Å²) in [7, 11) is 0. The number of thiazole rings is 1. The molecule has 0 bridgehead atoms. The van der Waals surface area contributed by atoms with Crippen molar-refractivity contribution < 1.29 is 14.3 Å². The van der Waals surface area contributed by atoms with Gasteiger partial charge in [0.2, 0.25) is 12.7 Å². The third-order valence-corrected chi connectivity index (χ3v) is 5.20. The van der Waals surface area contributed by atoms with Crippen LogP contribution in [0, 0.1) is 0 Å². The molecule has 1 N–H and O–H groups in total. The number of aryl methyl sites for hydroxylation is 2. The van der Waals surface area contributed by atoms with E-state index < -0.39 is 0 Å². The van der Waals surface area contributed by atoms with Crippen LogP contribution in [0.5, 0.6) is 11.5 Å². The molecule has 2 aromatic heterocycles. The maximum Gasteiger partial charge on any atom is 0.231 e. The van der Waals surface area contributed by atoms with Crippen molar-refractivity contribution in [3.63, 3.8) is 0 Å². The Morgan fingerprint density at radius 1 is 1.07 bits per heavy atom. The highest BCUT2D eigenvalue weighted by atomic mass is 32.1. The molecular formula is C20H19N3O3S. The lowest BCUT2D eigenvalue weighted by molar-refractivity contribution is -0.120. The number of hydrogen-bond donors (Lipinski definition) is 1. The average molecular weight is 381 g/mol. The van der Waals surface area contributed by atoms with Gasteiger partial charge in [-0.25, -0.2) is 4.98 Å². The highest BCUT2D eigenvalue weighted by Crippen LogP contribution is 2.32. The van der Waals surface area contributed by atoms with E-state index in [1.807, 2.05) is 35.7 Å². The van der Waals surface area contributed by atoms with Crippen LogP contribution in [-0.4, -0.2) is 22.7 Å². The maximum atomic E-state index is 12.2. The van der Waals surface area contributed by atoms with Gasteiger partial charge >= 0.3 is 0 Å². The first-order valence-corrected chi connectivity index (χ1v) is 9.61. The predicted octanol–water partition coefficient (Wildman–Crippen LogP) is 2.91. The van der Waals surface area contributed by atoms with Gasteiger partial charge in [-0.1, -0.05) is 6.07 Å². The Bertz CT molecular complexity index is 927. The van der Waals surface area contributed by atoms with Crippen LogP contribution in [-0.2, 0) is 30.6 Å². The van der Waals surface area contributed by atoms with Crippen LogP contribution in [0.2, 0.25) is 0 Å². The second-order valence-corrected chi connectivity index (χ2v) is 7.17. The van der Waals surface area contributed by atoms with Crippen molar-refractivity contribution in [2.24, 2.45) is 0 Å². The minimum absolute atomic E-state index is 0.0429. The number of ether oxygens (including phenoxy) is 2. The smallest absolute Gasteiger partial charge is 0.231 e. The summed E-state index contributed by atoms with van der Waals surface area (Å²) in [6, 6.07) is 9.70. The highest BCUT2D eigenvalue weighted by Gasteiger charge is 2.14. The highest BCUT2D eigenvalue weighted by molar-refractivity contribution is 7.09. The number of amides is 1. The van der Waals surface area contributed by atoms with Crippen molar-refractivity contribution in [2.45, 2.75) is 25.8 Å². The van der Waals surface area contributed by atoms with Crippen LogP contribution in [0.4, 0.5) is 0 Å². The molecule has 0 spiro atoms. The van der Waals surface area contributed by atoms with E-state index in [-0.39, 0.29) is 19.1 Å². The third-order valence-electron chi connectivity index (χ3n) is 4.24. The lowest BCUT2D eigenvalue weighted by atomic mass is 10.1.